The van der Waals surface area contributed by atoms with Crippen LogP contribution in [0.3, 0.4) is 0 Å². The quantitative estimate of drug-likeness (QED) is 0.781. The molecule has 1 aromatic rings. The van der Waals surface area contributed by atoms with Gasteiger partial charge in [-0.05, 0) is 57.4 Å². The number of carbonyl (C=O) groups excluding carboxylic acids is 1. The molecule has 1 heterocycles. The lowest BCUT2D eigenvalue weighted by Crippen LogP contribution is -2.42. The molecule has 0 spiro atoms. The lowest BCUT2D eigenvalue weighted by molar-refractivity contribution is 0.0160. The zero-order valence-corrected chi connectivity index (χ0v) is 11.9. The third-order valence-corrected chi connectivity index (χ3v) is 3.29. The predicted molar refractivity (Wildman–Crippen MR) is 73.2 cm³/mol. The van der Waals surface area contributed by atoms with Gasteiger partial charge in [-0.3, -0.25) is 0 Å². The van der Waals surface area contributed by atoms with E-state index in [-0.39, 0.29) is 17.9 Å². The number of benzene rings is 1. The molecule has 0 saturated carbocycles. The molecule has 0 bridgehead atoms. The number of carbonyl (C=O) groups is 1. The van der Waals surface area contributed by atoms with Crippen LogP contribution < -0.4 is 0 Å². The third kappa shape index (κ3) is 3.00. The lowest BCUT2D eigenvalue weighted by Gasteiger charge is -2.36. The van der Waals surface area contributed by atoms with Crippen LogP contribution in [0, 0.1) is 0 Å². The first-order chi connectivity index (χ1) is 8.78. The highest BCUT2D eigenvalue weighted by Crippen LogP contribution is 2.32. The molecule has 0 radical (unpaired) electrons. The van der Waals surface area contributed by atoms with E-state index >= 15 is 0 Å². The maximum Gasteiger partial charge on any atom is 0.410 e. The average molecular weight is 263 g/mol. The van der Waals surface area contributed by atoms with Gasteiger partial charge in [0.1, 0.15) is 11.4 Å². The van der Waals surface area contributed by atoms with Crippen LogP contribution in [-0.2, 0) is 11.2 Å². The molecule has 0 fully saturated rings. The van der Waals surface area contributed by atoms with Crippen LogP contribution in [0.5, 0.6) is 5.75 Å². The van der Waals surface area contributed by atoms with Crippen molar-refractivity contribution < 1.29 is 14.6 Å². The fourth-order valence-electron chi connectivity index (χ4n) is 2.39. The Labute approximate surface area is 114 Å². The number of amides is 1. The Bertz CT molecular complexity index is 491. The van der Waals surface area contributed by atoms with Crippen LogP contribution in [-0.4, -0.2) is 28.2 Å². The first kappa shape index (κ1) is 13.7. The van der Waals surface area contributed by atoms with E-state index in [9.17, 15) is 9.90 Å². The van der Waals surface area contributed by atoms with Crippen molar-refractivity contribution in [3.8, 4) is 5.75 Å². The van der Waals surface area contributed by atoms with Crippen molar-refractivity contribution in [2.75, 3.05) is 6.54 Å². The molecule has 0 aliphatic carbocycles. The van der Waals surface area contributed by atoms with Crippen molar-refractivity contribution >= 4 is 6.09 Å². The summed E-state index contributed by atoms with van der Waals surface area (Å²) in [5.74, 6) is 0.275. The minimum Gasteiger partial charge on any atom is -0.508 e. The van der Waals surface area contributed by atoms with Crippen molar-refractivity contribution in [2.24, 2.45) is 0 Å². The summed E-state index contributed by atoms with van der Waals surface area (Å²) in [4.78, 5) is 13.9. The molecule has 0 saturated heterocycles. The summed E-state index contributed by atoms with van der Waals surface area (Å²) in [6.45, 7) is 8.20. The number of aromatic hydroxyl groups is 1. The SMILES string of the molecule is C[C@@H]1c2ccc(O)cc2CCN1C(=O)OC(C)(C)C. The highest BCUT2D eigenvalue weighted by atomic mass is 16.6. The Morgan fingerprint density at radius 3 is 2.74 bits per heavy atom. The Morgan fingerprint density at radius 1 is 1.42 bits per heavy atom. The second-order valence-corrected chi connectivity index (χ2v) is 5.98. The van der Waals surface area contributed by atoms with E-state index in [1.54, 1.807) is 17.0 Å². The van der Waals surface area contributed by atoms with Gasteiger partial charge in [-0.2, -0.15) is 0 Å². The van der Waals surface area contributed by atoms with Crippen LogP contribution in [0.4, 0.5) is 4.79 Å². The molecule has 0 aromatic heterocycles. The molecule has 1 aliphatic rings. The number of nitrogens with zero attached hydrogens (tertiary/aromatic N) is 1. The first-order valence-corrected chi connectivity index (χ1v) is 6.59. The monoisotopic (exact) mass is 263 g/mol. The lowest BCUT2D eigenvalue weighted by atomic mass is 9.93. The van der Waals surface area contributed by atoms with Gasteiger partial charge in [-0.25, -0.2) is 4.79 Å². The molecule has 4 heteroatoms. The molecular formula is C15H21NO3. The average Bonchev–Trinajstić information content (AvgIpc) is 2.26. The van der Waals surface area contributed by atoms with Gasteiger partial charge >= 0.3 is 6.09 Å². The first-order valence-electron chi connectivity index (χ1n) is 6.59. The van der Waals surface area contributed by atoms with Crippen LogP contribution >= 0.6 is 0 Å². The number of rotatable bonds is 0. The van der Waals surface area contributed by atoms with Gasteiger partial charge in [0.15, 0.2) is 0 Å². The predicted octanol–water partition coefficient (Wildman–Crippen LogP) is 3.25. The molecule has 1 N–H and O–H groups in total. The van der Waals surface area contributed by atoms with Crippen LogP contribution in [0.15, 0.2) is 18.2 Å². The summed E-state index contributed by atoms with van der Waals surface area (Å²) in [5.41, 5.74) is 1.70. The summed E-state index contributed by atoms with van der Waals surface area (Å²) >= 11 is 0. The molecule has 1 atom stereocenters. The molecule has 1 amide bonds. The zero-order valence-electron chi connectivity index (χ0n) is 11.9. The highest BCUT2D eigenvalue weighted by Gasteiger charge is 2.30. The summed E-state index contributed by atoms with van der Waals surface area (Å²) in [6, 6.07) is 5.29. The number of hydrogen-bond acceptors (Lipinski definition) is 3. The molecule has 4 nitrogen and oxygen atoms in total. The minimum absolute atomic E-state index is 0.0285. The van der Waals surface area contributed by atoms with Gasteiger partial charge in [0, 0.05) is 6.54 Å². The molecular weight excluding hydrogens is 242 g/mol. The van der Waals surface area contributed by atoms with Crippen molar-refractivity contribution in [3.63, 3.8) is 0 Å². The number of phenolic OH excluding ortho intramolecular Hbond substituents is 1. The number of phenols is 1. The highest BCUT2D eigenvalue weighted by molar-refractivity contribution is 5.69. The third-order valence-electron chi connectivity index (χ3n) is 3.29. The largest absolute Gasteiger partial charge is 0.508 e. The van der Waals surface area contributed by atoms with Crippen molar-refractivity contribution in [3.05, 3.63) is 29.3 Å². The molecule has 0 unspecified atom stereocenters. The minimum atomic E-state index is -0.480. The molecule has 2 rings (SSSR count). The summed E-state index contributed by atoms with van der Waals surface area (Å²) in [7, 11) is 0. The van der Waals surface area contributed by atoms with Gasteiger partial charge in [0.2, 0.25) is 0 Å². The van der Waals surface area contributed by atoms with Crippen molar-refractivity contribution in [2.45, 2.75) is 45.8 Å². The molecule has 1 aromatic carbocycles. The number of ether oxygens (including phenoxy) is 1. The van der Waals surface area contributed by atoms with Gasteiger partial charge in [0.25, 0.3) is 0 Å². The maximum atomic E-state index is 12.2. The van der Waals surface area contributed by atoms with E-state index in [1.165, 1.54) is 0 Å². The Hall–Kier alpha value is -1.71. The van der Waals surface area contributed by atoms with E-state index in [0.717, 1.165) is 17.5 Å². The summed E-state index contributed by atoms with van der Waals surface area (Å²) < 4.78 is 5.42. The fraction of sp³-hybridized carbons (Fsp3) is 0.533. The van der Waals surface area contributed by atoms with E-state index in [4.69, 9.17) is 4.74 Å². The van der Waals surface area contributed by atoms with Gasteiger partial charge in [-0.15, -0.1) is 0 Å². The molecule has 1 aliphatic heterocycles. The topological polar surface area (TPSA) is 49.8 Å². The van der Waals surface area contributed by atoms with E-state index in [1.807, 2.05) is 33.8 Å². The van der Waals surface area contributed by atoms with Gasteiger partial charge < -0.3 is 14.7 Å². The van der Waals surface area contributed by atoms with Crippen LogP contribution in [0.25, 0.3) is 0 Å². The van der Waals surface area contributed by atoms with Gasteiger partial charge in [0.05, 0.1) is 6.04 Å². The summed E-state index contributed by atoms with van der Waals surface area (Å²) in [5, 5.41) is 9.50. The Morgan fingerprint density at radius 2 is 2.11 bits per heavy atom. The van der Waals surface area contributed by atoms with Crippen LogP contribution in [0.1, 0.15) is 44.9 Å². The number of fused-ring (bicyclic) bond motifs is 1. The van der Waals surface area contributed by atoms with E-state index in [2.05, 4.69) is 0 Å². The molecule has 104 valence electrons. The molecule has 19 heavy (non-hydrogen) atoms. The summed E-state index contributed by atoms with van der Waals surface area (Å²) in [6.07, 6.45) is 0.464. The van der Waals surface area contributed by atoms with Crippen LogP contribution in [0.2, 0.25) is 0 Å². The van der Waals surface area contributed by atoms with Crippen molar-refractivity contribution in [1.29, 1.82) is 0 Å². The van der Waals surface area contributed by atoms with E-state index < -0.39 is 5.60 Å². The normalized spacial score (nSPS) is 18.9. The fourth-order valence-corrected chi connectivity index (χ4v) is 2.39. The maximum absolute atomic E-state index is 12.2. The Kier molecular flexibility index (Phi) is 3.43. The van der Waals surface area contributed by atoms with Crippen molar-refractivity contribution in [1.82, 2.24) is 4.90 Å². The standard InChI is InChI=1S/C15H21NO3/c1-10-13-6-5-12(17)9-11(13)7-8-16(10)14(18)19-15(2,3)4/h5-6,9-10,17H,7-8H2,1-4H3/t10-/m1/s1. The second-order valence-electron chi connectivity index (χ2n) is 5.98. The smallest absolute Gasteiger partial charge is 0.410 e. The number of hydrogen-bond donors (Lipinski definition) is 1. The Balaban J connectivity index is 2.19. The van der Waals surface area contributed by atoms with Gasteiger partial charge in [-0.1, -0.05) is 6.07 Å². The zero-order chi connectivity index (χ0) is 14.2. The second kappa shape index (κ2) is 4.76. The van der Waals surface area contributed by atoms with E-state index in [0.29, 0.717) is 6.54 Å².